The van der Waals surface area contributed by atoms with Crippen LogP contribution in [0.2, 0.25) is 0 Å². The predicted octanol–water partition coefficient (Wildman–Crippen LogP) is 5.69. The number of hydrogen-bond donors (Lipinski definition) is 0. The third-order valence-electron chi connectivity index (χ3n) is 3.56. The molecular formula is C20H13S+. The number of allylic oxidation sites excluding steroid dienone is 1. The van der Waals surface area contributed by atoms with Gasteiger partial charge in [0.25, 0.3) is 0 Å². The molecule has 1 aliphatic carbocycles. The zero-order chi connectivity index (χ0) is 14.1. The van der Waals surface area contributed by atoms with Gasteiger partial charge >= 0.3 is 0 Å². The van der Waals surface area contributed by atoms with E-state index in [1.807, 2.05) is 6.07 Å². The molecule has 0 heterocycles. The molecule has 21 heavy (non-hydrogen) atoms. The zero-order valence-corrected chi connectivity index (χ0v) is 12.2. The summed E-state index contributed by atoms with van der Waals surface area (Å²) in [6.45, 7) is 0. The maximum Gasteiger partial charge on any atom is 0.156 e. The van der Waals surface area contributed by atoms with Gasteiger partial charge < -0.3 is 0 Å². The topological polar surface area (TPSA) is 0 Å². The molecule has 0 nitrogen and oxygen atoms in total. The van der Waals surface area contributed by atoms with Crippen LogP contribution in [-0.2, 0) is 0 Å². The second kappa shape index (κ2) is 5.21. The summed E-state index contributed by atoms with van der Waals surface area (Å²) in [7, 11) is 0. The van der Waals surface area contributed by atoms with E-state index in [1.165, 1.54) is 26.8 Å². The largest absolute Gasteiger partial charge is 0.156 e. The summed E-state index contributed by atoms with van der Waals surface area (Å²) in [5.41, 5.74) is 2.42. The monoisotopic (exact) mass is 285 g/mol. The molecule has 0 unspecified atom stereocenters. The fourth-order valence-electron chi connectivity index (χ4n) is 2.52. The molecule has 0 saturated carbocycles. The fraction of sp³-hybridized carbons (Fsp3) is 0. The number of hydrogen-bond acceptors (Lipinski definition) is 1. The van der Waals surface area contributed by atoms with E-state index in [-0.39, 0.29) is 0 Å². The number of benzene rings is 3. The van der Waals surface area contributed by atoms with E-state index in [4.69, 9.17) is 0 Å². The highest BCUT2D eigenvalue weighted by molar-refractivity contribution is 8.03. The molecule has 0 amide bonds. The lowest BCUT2D eigenvalue weighted by molar-refractivity contribution is 1.46. The molecule has 0 bridgehead atoms. The fourth-order valence-corrected chi connectivity index (χ4v) is 3.36. The summed E-state index contributed by atoms with van der Waals surface area (Å²) in [5, 5.41) is 2.55. The molecule has 0 radical (unpaired) electrons. The Labute approximate surface area is 128 Å². The van der Waals surface area contributed by atoms with Gasteiger partial charge in [0.15, 0.2) is 5.56 Å². The Balaban J connectivity index is 1.73. The molecule has 0 aliphatic heterocycles. The first-order valence-corrected chi connectivity index (χ1v) is 7.78. The Hall–Kier alpha value is -2.34. The van der Waals surface area contributed by atoms with Crippen molar-refractivity contribution >= 4 is 28.6 Å². The molecule has 1 heteroatoms. The van der Waals surface area contributed by atoms with Crippen molar-refractivity contribution < 1.29 is 0 Å². The van der Waals surface area contributed by atoms with Crippen LogP contribution < -0.4 is 0 Å². The van der Waals surface area contributed by atoms with Crippen molar-refractivity contribution in [2.45, 2.75) is 4.90 Å². The van der Waals surface area contributed by atoms with Gasteiger partial charge in [-0.05, 0) is 24.3 Å². The first-order chi connectivity index (χ1) is 10.4. The summed E-state index contributed by atoms with van der Waals surface area (Å²) in [6, 6.07) is 23.4. The second-order valence-electron chi connectivity index (χ2n) is 5.02. The SMILES string of the molecule is [C+]1=C(Sc2ccccc2)C=Cc2cc3ccccc3cc21. The summed E-state index contributed by atoms with van der Waals surface area (Å²) >= 11 is 1.75. The van der Waals surface area contributed by atoms with Crippen LogP contribution in [0.3, 0.4) is 0 Å². The average Bonchev–Trinajstić information content (AvgIpc) is 2.54. The normalized spacial score (nSPS) is 12.7. The minimum absolute atomic E-state index is 1.16. The number of rotatable bonds is 2. The van der Waals surface area contributed by atoms with E-state index in [1.54, 1.807) is 11.8 Å². The van der Waals surface area contributed by atoms with Crippen molar-refractivity contribution in [3.8, 4) is 0 Å². The third-order valence-corrected chi connectivity index (χ3v) is 4.53. The van der Waals surface area contributed by atoms with Crippen LogP contribution in [0.4, 0.5) is 0 Å². The van der Waals surface area contributed by atoms with Gasteiger partial charge in [0.2, 0.25) is 0 Å². The molecule has 0 saturated heterocycles. The molecule has 98 valence electrons. The molecule has 0 fully saturated rings. The van der Waals surface area contributed by atoms with Gasteiger partial charge in [-0.2, -0.15) is 0 Å². The molecular weight excluding hydrogens is 272 g/mol. The lowest BCUT2D eigenvalue weighted by Crippen LogP contribution is -1.90. The minimum Gasteiger partial charge on any atom is -0.0622 e. The minimum atomic E-state index is 1.16. The van der Waals surface area contributed by atoms with Gasteiger partial charge in [-0.1, -0.05) is 48.2 Å². The van der Waals surface area contributed by atoms with Crippen LogP contribution in [0.5, 0.6) is 0 Å². The molecule has 0 atom stereocenters. The zero-order valence-electron chi connectivity index (χ0n) is 11.4. The van der Waals surface area contributed by atoms with Gasteiger partial charge in [0.05, 0.1) is 5.56 Å². The highest BCUT2D eigenvalue weighted by Crippen LogP contribution is 2.33. The predicted molar refractivity (Wildman–Crippen MR) is 91.1 cm³/mol. The lowest BCUT2D eigenvalue weighted by atomic mass is 9.98. The van der Waals surface area contributed by atoms with E-state index in [0.717, 1.165) is 4.91 Å². The van der Waals surface area contributed by atoms with Crippen LogP contribution in [0.15, 0.2) is 82.6 Å². The number of thioether (sulfide) groups is 1. The second-order valence-corrected chi connectivity index (χ2v) is 6.14. The van der Waals surface area contributed by atoms with Crippen molar-refractivity contribution in [3.63, 3.8) is 0 Å². The van der Waals surface area contributed by atoms with Crippen LogP contribution in [-0.4, -0.2) is 0 Å². The van der Waals surface area contributed by atoms with Crippen LogP contribution in [0.25, 0.3) is 16.8 Å². The molecule has 0 N–H and O–H groups in total. The Kier molecular flexibility index (Phi) is 3.08. The van der Waals surface area contributed by atoms with Crippen molar-refractivity contribution in [2.75, 3.05) is 0 Å². The standard InChI is InChI=1S/C20H13S/c1-2-8-19(9-3-1)21-20-11-10-17-12-15-6-4-5-7-16(15)13-18(17)14-20/h1-13H/q+1. The Bertz CT molecular complexity index is 857. The van der Waals surface area contributed by atoms with E-state index in [2.05, 4.69) is 78.9 Å². The summed E-state index contributed by atoms with van der Waals surface area (Å²) in [4.78, 5) is 2.40. The highest BCUT2D eigenvalue weighted by Gasteiger charge is 2.16. The van der Waals surface area contributed by atoms with Gasteiger partial charge in [-0.25, -0.2) is 0 Å². The first kappa shape index (κ1) is 12.4. The molecule has 3 aromatic rings. The Morgan fingerprint density at radius 1 is 0.714 bits per heavy atom. The van der Waals surface area contributed by atoms with Crippen LogP contribution in [0.1, 0.15) is 11.1 Å². The first-order valence-electron chi connectivity index (χ1n) is 6.96. The quantitative estimate of drug-likeness (QED) is 0.545. The Morgan fingerprint density at radius 3 is 2.24 bits per heavy atom. The summed E-state index contributed by atoms with van der Waals surface area (Å²) in [5.74, 6) is 0. The highest BCUT2D eigenvalue weighted by atomic mass is 32.2. The summed E-state index contributed by atoms with van der Waals surface area (Å²) < 4.78 is 0. The molecule has 0 spiro atoms. The number of fused-ring (bicyclic) bond motifs is 2. The summed E-state index contributed by atoms with van der Waals surface area (Å²) in [6.07, 6.45) is 7.86. The maximum absolute atomic E-state index is 3.53. The van der Waals surface area contributed by atoms with E-state index in [0.29, 0.717) is 0 Å². The van der Waals surface area contributed by atoms with Gasteiger partial charge in [-0.15, -0.1) is 0 Å². The molecule has 1 aliphatic rings. The van der Waals surface area contributed by atoms with Gasteiger partial charge in [0, 0.05) is 40.0 Å². The van der Waals surface area contributed by atoms with E-state index >= 15 is 0 Å². The molecule has 4 rings (SSSR count). The lowest BCUT2D eigenvalue weighted by Gasteiger charge is -2.04. The van der Waals surface area contributed by atoms with Crippen molar-refractivity contribution in [1.82, 2.24) is 0 Å². The van der Waals surface area contributed by atoms with E-state index < -0.39 is 0 Å². The van der Waals surface area contributed by atoms with E-state index in [9.17, 15) is 0 Å². The van der Waals surface area contributed by atoms with Crippen molar-refractivity contribution in [1.29, 1.82) is 0 Å². The Morgan fingerprint density at radius 2 is 1.43 bits per heavy atom. The smallest absolute Gasteiger partial charge is 0.0622 e. The van der Waals surface area contributed by atoms with Gasteiger partial charge in [-0.3, -0.25) is 0 Å². The van der Waals surface area contributed by atoms with Gasteiger partial charge in [0.1, 0.15) is 4.91 Å². The molecule has 3 aromatic carbocycles. The molecule has 0 aromatic heterocycles. The average molecular weight is 285 g/mol. The maximum atomic E-state index is 3.53. The third kappa shape index (κ3) is 2.50. The van der Waals surface area contributed by atoms with Crippen molar-refractivity contribution in [3.05, 3.63) is 94.9 Å². The van der Waals surface area contributed by atoms with Crippen LogP contribution in [0, 0.1) is 6.08 Å². The van der Waals surface area contributed by atoms with Crippen molar-refractivity contribution in [2.24, 2.45) is 0 Å². The van der Waals surface area contributed by atoms with Crippen LogP contribution >= 0.6 is 11.8 Å².